The number of benzene rings is 2. The molecular formula is C28H22N2O3. The lowest BCUT2D eigenvalue weighted by Crippen LogP contribution is -2.48. The number of anilines is 1. The average Bonchev–Trinajstić information content (AvgIpc) is 3.27. The van der Waals surface area contributed by atoms with Crippen LogP contribution >= 0.6 is 0 Å². The molecule has 0 radical (unpaired) electrons. The fraction of sp³-hybridized carbons (Fsp3) is 0.214. The van der Waals surface area contributed by atoms with Crippen LogP contribution in [0.2, 0.25) is 0 Å². The predicted octanol–water partition coefficient (Wildman–Crippen LogP) is 4.41. The molecule has 162 valence electrons. The van der Waals surface area contributed by atoms with Gasteiger partial charge in [0.2, 0.25) is 0 Å². The van der Waals surface area contributed by atoms with E-state index < -0.39 is 23.4 Å². The zero-order valence-electron chi connectivity index (χ0n) is 18.4. The maximum Gasteiger partial charge on any atom is 0.180 e. The molecule has 0 unspecified atom stereocenters. The Morgan fingerprint density at radius 3 is 2.36 bits per heavy atom. The summed E-state index contributed by atoms with van der Waals surface area (Å²) in [7, 11) is 0. The van der Waals surface area contributed by atoms with Gasteiger partial charge < -0.3 is 4.90 Å². The Morgan fingerprint density at radius 1 is 1.00 bits per heavy atom. The fourth-order valence-corrected chi connectivity index (χ4v) is 6.16. The molecule has 6 rings (SSSR count). The van der Waals surface area contributed by atoms with Crippen LogP contribution in [0.3, 0.4) is 0 Å². The van der Waals surface area contributed by atoms with Crippen LogP contribution in [0.25, 0.3) is 6.08 Å². The normalized spacial score (nSPS) is 24.1. The molecular weight excluding hydrogens is 412 g/mol. The Bertz CT molecular complexity index is 1340. The van der Waals surface area contributed by atoms with Crippen LogP contribution in [0.4, 0.5) is 5.69 Å². The van der Waals surface area contributed by atoms with Gasteiger partial charge in [0.05, 0.1) is 12.1 Å². The summed E-state index contributed by atoms with van der Waals surface area (Å²) < 4.78 is 0. The van der Waals surface area contributed by atoms with Crippen LogP contribution in [-0.4, -0.2) is 34.4 Å². The summed E-state index contributed by atoms with van der Waals surface area (Å²) in [6, 6.07) is 15.5. The second-order valence-corrected chi connectivity index (χ2v) is 9.17. The number of Topliss-reactive ketones (excluding diaryl/α,β-unsaturated/α-hetero) is 3. The van der Waals surface area contributed by atoms with Crippen molar-refractivity contribution < 1.29 is 14.4 Å². The highest BCUT2D eigenvalue weighted by atomic mass is 16.2. The lowest BCUT2D eigenvalue weighted by atomic mass is 9.64. The summed E-state index contributed by atoms with van der Waals surface area (Å²) in [5.41, 5.74) is 3.07. The average molecular weight is 434 g/mol. The second kappa shape index (κ2) is 6.82. The Morgan fingerprint density at radius 2 is 1.73 bits per heavy atom. The summed E-state index contributed by atoms with van der Waals surface area (Å²) in [5.74, 6) is -1.16. The molecule has 0 saturated carbocycles. The van der Waals surface area contributed by atoms with Gasteiger partial charge in [0.25, 0.3) is 0 Å². The molecule has 3 atom stereocenters. The van der Waals surface area contributed by atoms with Gasteiger partial charge in [-0.25, -0.2) is 0 Å². The summed E-state index contributed by atoms with van der Waals surface area (Å²) in [4.78, 5) is 48.0. The van der Waals surface area contributed by atoms with E-state index in [-0.39, 0.29) is 17.3 Å². The molecule has 33 heavy (non-hydrogen) atoms. The number of aryl methyl sites for hydroxylation is 1. The monoisotopic (exact) mass is 434 g/mol. The van der Waals surface area contributed by atoms with Crippen molar-refractivity contribution in [2.75, 3.05) is 4.90 Å². The highest BCUT2D eigenvalue weighted by Gasteiger charge is 2.71. The number of carbonyl (C=O) groups is 3. The smallest absolute Gasteiger partial charge is 0.180 e. The molecule has 0 amide bonds. The number of rotatable bonds is 2. The van der Waals surface area contributed by atoms with Crippen LogP contribution in [0, 0.1) is 12.3 Å². The molecule has 3 aromatic rings. The molecule has 1 fully saturated rings. The summed E-state index contributed by atoms with van der Waals surface area (Å²) >= 11 is 0. The van der Waals surface area contributed by atoms with E-state index in [1.807, 2.05) is 48.2 Å². The van der Waals surface area contributed by atoms with Crippen molar-refractivity contribution in [3.8, 4) is 0 Å². The van der Waals surface area contributed by atoms with Gasteiger partial charge in [-0.05, 0) is 42.7 Å². The van der Waals surface area contributed by atoms with Gasteiger partial charge in [-0.2, -0.15) is 0 Å². The van der Waals surface area contributed by atoms with Crippen molar-refractivity contribution in [3.05, 3.63) is 101 Å². The van der Waals surface area contributed by atoms with E-state index in [1.54, 1.807) is 49.6 Å². The van der Waals surface area contributed by atoms with E-state index in [2.05, 4.69) is 4.98 Å². The number of hydrogen-bond acceptors (Lipinski definition) is 5. The third-order valence-electron chi connectivity index (χ3n) is 7.42. The molecule has 5 nitrogen and oxygen atoms in total. The van der Waals surface area contributed by atoms with E-state index in [0.717, 1.165) is 22.4 Å². The predicted molar refractivity (Wildman–Crippen MR) is 125 cm³/mol. The fourth-order valence-electron chi connectivity index (χ4n) is 6.16. The van der Waals surface area contributed by atoms with Crippen LogP contribution in [0.5, 0.6) is 0 Å². The van der Waals surface area contributed by atoms with E-state index in [1.165, 1.54) is 0 Å². The zero-order valence-corrected chi connectivity index (χ0v) is 18.4. The van der Waals surface area contributed by atoms with Gasteiger partial charge in [0, 0.05) is 35.1 Å². The Kier molecular flexibility index (Phi) is 4.09. The molecule has 3 aliphatic rings. The summed E-state index contributed by atoms with van der Waals surface area (Å²) in [5, 5.41) is 0. The van der Waals surface area contributed by atoms with Crippen molar-refractivity contribution in [2.24, 2.45) is 5.41 Å². The topological polar surface area (TPSA) is 67.3 Å². The Labute approximate surface area is 191 Å². The van der Waals surface area contributed by atoms with E-state index in [0.29, 0.717) is 11.1 Å². The van der Waals surface area contributed by atoms with Crippen LogP contribution in [0.15, 0.2) is 73.1 Å². The number of ketones is 3. The molecule has 1 spiro atoms. The van der Waals surface area contributed by atoms with Crippen LogP contribution in [0.1, 0.15) is 50.2 Å². The maximum atomic E-state index is 14.2. The van der Waals surface area contributed by atoms with Gasteiger partial charge in [-0.15, -0.1) is 0 Å². The first-order chi connectivity index (χ1) is 16.0. The first-order valence-corrected chi connectivity index (χ1v) is 11.1. The van der Waals surface area contributed by atoms with Crippen molar-refractivity contribution in [1.82, 2.24) is 4.98 Å². The van der Waals surface area contributed by atoms with Gasteiger partial charge in [-0.3, -0.25) is 19.4 Å². The minimum atomic E-state index is -1.43. The van der Waals surface area contributed by atoms with Crippen LogP contribution < -0.4 is 4.90 Å². The molecule has 1 aromatic heterocycles. The number of hydrogen-bond donors (Lipinski definition) is 0. The molecule has 5 heteroatoms. The first-order valence-electron chi connectivity index (χ1n) is 11.1. The van der Waals surface area contributed by atoms with Crippen molar-refractivity contribution in [3.63, 3.8) is 0 Å². The van der Waals surface area contributed by atoms with Gasteiger partial charge in [-0.1, -0.05) is 54.6 Å². The Hall–Kier alpha value is -3.86. The lowest BCUT2D eigenvalue weighted by Gasteiger charge is -2.37. The van der Waals surface area contributed by atoms with E-state index in [9.17, 15) is 14.4 Å². The Balaban J connectivity index is 1.69. The van der Waals surface area contributed by atoms with Gasteiger partial charge in [0.15, 0.2) is 17.3 Å². The highest BCUT2D eigenvalue weighted by Crippen LogP contribution is 2.60. The number of pyridine rings is 1. The molecule has 1 aliphatic carbocycles. The third kappa shape index (κ3) is 2.42. The largest absolute Gasteiger partial charge is 0.352 e. The molecule has 2 aromatic carbocycles. The second-order valence-electron chi connectivity index (χ2n) is 9.17. The van der Waals surface area contributed by atoms with Crippen molar-refractivity contribution >= 4 is 29.1 Å². The summed E-state index contributed by atoms with van der Waals surface area (Å²) in [6.45, 7) is 3.55. The van der Waals surface area contributed by atoms with E-state index in [4.69, 9.17) is 0 Å². The standard InChI is InChI=1S/C28H22N2O3/c1-16-9-10-18-11-12-23-28(26(32)20-7-3-4-8-21(20)27(28)33)24(19-6-5-13-29-15-19)25(17(2)31)30(23)22(18)14-16/h3-15,23-25H,1-2H3/t23-,24+,25-/m1/s1. The molecule has 1 saturated heterocycles. The highest BCUT2D eigenvalue weighted by molar-refractivity contribution is 6.32. The van der Waals surface area contributed by atoms with Gasteiger partial charge in [0.1, 0.15) is 5.41 Å². The third-order valence-corrected chi connectivity index (χ3v) is 7.42. The number of aromatic nitrogens is 1. The van der Waals surface area contributed by atoms with Crippen molar-refractivity contribution in [2.45, 2.75) is 31.8 Å². The quantitative estimate of drug-likeness (QED) is 0.559. The van der Waals surface area contributed by atoms with E-state index >= 15 is 0 Å². The minimum absolute atomic E-state index is 0.0787. The summed E-state index contributed by atoms with van der Waals surface area (Å²) in [6.07, 6.45) is 7.26. The van der Waals surface area contributed by atoms with Crippen LogP contribution in [-0.2, 0) is 4.79 Å². The maximum absolute atomic E-state index is 14.2. The zero-order chi connectivity index (χ0) is 22.9. The number of nitrogens with zero attached hydrogens (tertiary/aromatic N) is 2. The molecule has 2 aliphatic heterocycles. The number of fused-ring (bicyclic) bond motifs is 5. The van der Waals surface area contributed by atoms with Crippen molar-refractivity contribution in [1.29, 1.82) is 0 Å². The van der Waals surface area contributed by atoms with Gasteiger partial charge >= 0.3 is 0 Å². The molecule has 0 N–H and O–H groups in total. The lowest BCUT2D eigenvalue weighted by molar-refractivity contribution is -0.118. The minimum Gasteiger partial charge on any atom is -0.352 e. The number of carbonyl (C=O) groups excluding carboxylic acids is 3. The first kappa shape index (κ1) is 19.8. The molecule has 3 heterocycles. The SMILES string of the molecule is CC(=O)[C@@H]1[C@H](c2cccnc2)C2(C(=O)c3ccccc3C2=O)[C@H]2C=Cc3ccc(C)cc3N12. The molecule has 0 bridgehead atoms.